The maximum absolute atomic E-state index is 9.78. The molecule has 3 fully saturated rings. The third-order valence-electron chi connectivity index (χ3n) is 2.83. The number of hydrogen-bond donors (Lipinski definition) is 2. The van der Waals surface area contributed by atoms with Gasteiger partial charge in [0.25, 0.3) is 5.97 Å². The summed E-state index contributed by atoms with van der Waals surface area (Å²) in [7, 11) is 0. The molecule has 0 spiro atoms. The van der Waals surface area contributed by atoms with E-state index in [2.05, 4.69) is 0 Å². The fraction of sp³-hybridized carbons (Fsp3) is 1.00. The topological polar surface area (TPSA) is 77.4 Å². The minimum absolute atomic E-state index is 0.204. The fourth-order valence-corrected chi connectivity index (χ4v) is 2.20. The lowest BCUT2D eigenvalue weighted by molar-refractivity contribution is -0.382. The zero-order chi connectivity index (χ0) is 9.92. The van der Waals surface area contributed by atoms with Gasteiger partial charge in [-0.05, 0) is 0 Å². The summed E-state index contributed by atoms with van der Waals surface area (Å²) < 4.78 is 21.4. The summed E-state index contributed by atoms with van der Waals surface area (Å²) in [4.78, 5) is 0. The summed E-state index contributed by atoms with van der Waals surface area (Å²) in [6, 6.07) is 0. The molecule has 0 aromatic heterocycles. The molecule has 3 heterocycles. The zero-order valence-electron chi connectivity index (χ0n) is 7.62. The average Bonchev–Trinajstić information content (AvgIpc) is 2.33. The molecule has 3 saturated heterocycles. The van der Waals surface area contributed by atoms with E-state index in [1.807, 2.05) is 0 Å². The van der Waals surface area contributed by atoms with Crippen LogP contribution in [0.15, 0.2) is 0 Å². The summed E-state index contributed by atoms with van der Waals surface area (Å²) in [5.74, 6) is -1.14. The van der Waals surface area contributed by atoms with E-state index in [4.69, 9.17) is 24.1 Å². The third kappa shape index (κ3) is 1.01. The van der Waals surface area contributed by atoms with Gasteiger partial charge >= 0.3 is 0 Å². The molecule has 14 heavy (non-hydrogen) atoms. The SMILES string of the molecule is CC12O[C@@H]3C(CO)O[C@@H](O1)[C@H](O2)C3O. The van der Waals surface area contributed by atoms with Crippen LogP contribution in [0.25, 0.3) is 0 Å². The molecule has 0 saturated carbocycles. The van der Waals surface area contributed by atoms with Gasteiger partial charge in [0.1, 0.15) is 24.4 Å². The third-order valence-corrected chi connectivity index (χ3v) is 2.83. The van der Waals surface area contributed by atoms with E-state index in [-0.39, 0.29) is 6.61 Å². The number of rotatable bonds is 1. The standard InChI is InChI=1S/C8H12O6/c1-8-12-5-3(2-9)11-7(14-8)6(13-8)4(5)10/h3-7,9-10H,2H2,1H3/t3?,4?,5-,6-,7+,8?/m1/s1. The second-order valence-corrected chi connectivity index (χ2v) is 3.86. The predicted molar refractivity (Wildman–Crippen MR) is 41.0 cm³/mol. The van der Waals surface area contributed by atoms with Crippen molar-refractivity contribution in [3.8, 4) is 0 Å². The van der Waals surface area contributed by atoms with Gasteiger partial charge in [0.05, 0.1) is 6.61 Å². The van der Waals surface area contributed by atoms with Crippen molar-refractivity contribution in [1.29, 1.82) is 0 Å². The molecule has 3 aliphatic rings. The minimum atomic E-state index is -1.14. The molecule has 3 rings (SSSR count). The van der Waals surface area contributed by atoms with Crippen molar-refractivity contribution in [3.63, 3.8) is 0 Å². The van der Waals surface area contributed by atoms with E-state index in [0.29, 0.717) is 0 Å². The smallest absolute Gasteiger partial charge is 0.283 e. The Labute approximate surface area is 80.3 Å². The van der Waals surface area contributed by atoms with E-state index in [1.165, 1.54) is 0 Å². The van der Waals surface area contributed by atoms with Gasteiger partial charge in [-0.25, -0.2) is 0 Å². The highest BCUT2D eigenvalue weighted by Crippen LogP contribution is 2.44. The maximum atomic E-state index is 9.78. The molecule has 6 nitrogen and oxygen atoms in total. The Morgan fingerprint density at radius 1 is 1.21 bits per heavy atom. The minimum Gasteiger partial charge on any atom is -0.394 e. The van der Waals surface area contributed by atoms with Gasteiger partial charge < -0.3 is 24.4 Å². The monoisotopic (exact) mass is 204 g/mol. The fourth-order valence-electron chi connectivity index (χ4n) is 2.20. The molecular formula is C8H12O6. The Hall–Kier alpha value is -0.240. The van der Waals surface area contributed by atoms with E-state index < -0.39 is 36.7 Å². The van der Waals surface area contributed by atoms with Gasteiger partial charge in [-0.15, -0.1) is 0 Å². The molecule has 6 heteroatoms. The molecule has 80 valence electrons. The molecule has 0 aromatic rings. The van der Waals surface area contributed by atoms with Crippen LogP contribution in [0, 0.1) is 0 Å². The van der Waals surface area contributed by atoms with Gasteiger partial charge in [-0.3, -0.25) is 4.74 Å². The van der Waals surface area contributed by atoms with Crippen molar-refractivity contribution in [2.75, 3.05) is 6.61 Å². The molecule has 0 aromatic carbocycles. The first-order valence-electron chi connectivity index (χ1n) is 4.61. The first-order chi connectivity index (χ1) is 6.63. The highest BCUT2D eigenvalue weighted by Gasteiger charge is 2.63. The summed E-state index contributed by atoms with van der Waals surface area (Å²) in [6.45, 7) is 1.42. The van der Waals surface area contributed by atoms with Gasteiger partial charge in [0.2, 0.25) is 0 Å². The second-order valence-electron chi connectivity index (χ2n) is 3.86. The highest BCUT2D eigenvalue weighted by molar-refractivity contribution is 4.98. The second kappa shape index (κ2) is 2.66. The van der Waals surface area contributed by atoms with Gasteiger partial charge in [-0.1, -0.05) is 0 Å². The molecule has 0 aliphatic carbocycles. The van der Waals surface area contributed by atoms with Crippen LogP contribution >= 0.6 is 0 Å². The van der Waals surface area contributed by atoms with Crippen LogP contribution in [-0.2, 0) is 18.9 Å². The number of hydrogen-bond acceptors (Lipinski definition) is 6. The van der Waals surface area contributed by atoms with E-state index >= 15 is 0 Å². The van der Waals surface area contributed by atoms with Crippen LogP contribution in [0.3, 0.4) is 0 Å². The molecule has 3 bridgehead atoms. The molecule has 0 radical (unpaired) electrons. The Morgan fingerprint density at radius 2 is 1.93 bits per heavy atom. The summed E-state index contributed by atoms with van der Waals surface area (Å²) in [5.41, 5.74) is 0. The van der Waals surface area contributed by atoms with Crippen LogP contribution < -0.4 is 0 Å². The van der Waals surface area contributed by atoms with Crippen molar-refractivity contribution < 1.29 is 29.2 Å². The normalized spacial score (nSPS) is 60.6. The highest BCUT2D eigenvalue weighted by atomic mass is 17.0. The molecule has 2 N–H and O–H groups in total. The molecule has 6 atom stereocenters. The van der Waals surface area contributed by atoms with Crippen LogP contribution in [-0.4, -0.2) is 53.5 Å². The first-order valence-corrected chi connectivity index (χ1v) is 4.61. The van der Waals surface area contributed by atoms with Crippen molar-refractivity contribution in [1.82, 2.24) is 0 Å². The lowest BCUT2D eigenvalue weighted by atomic mass is 9.98. The van der Waals surface area contributed by atoms with E-state index in [0.717, 1.165) is 0 Å². The summed E-state index contributed by atoms with van der Waals surface area (Å²) in [5, 5.41) is 18.8. The lowest BCUT2D eigenvalue weighted by Gasteiger charge is -2.42. The van der Waals surface area contributed by atoms with Gasteiger partial charge in [0.15, 0.2) is 6.29 Å². The summed E-state index contributed by atoms with van der Waals surface area (Å²) in [6.07, 6.45) is -3.09. The maximum Gasteiger partial charge on any atom is 0.283 e. The predicted octanol–water partition coefficient (Wildman–Crippen LogP) is -1.45. The molecule has 3 aliphatic heterocycles. The Balaban J connectivity index is 1.94. The lowest BCUT2D eigenvalue weighted by Crippen LogP contribution is -2.61. The van der Waals surface area contributed by atoms with E-state index in [1.54, 1.807) is 6.92 Å². The summed E-state index contributed by atoms with van der Waals surface area (Å²) >= 11 is 0. The van der Waals surface area contributed by atoms with Crippen LogP contribution in [0.2, 0.25) is 0 Å². The number of ether oxygens (including phenoxy) is 4. The Kier molecular flexibility index (Phi) is 1.71. The van der Waals surface area contributed by atoms with Crippen molar-refractivity contribution in [2.45, 2.75) is 43.6 Å². The molecular weight excluding hydrogens is 192 g/mol. The van der Waals surface area contributed by atoms with Crippen molar-refractivity contribution in [2.24, 2.45) is 0 Å². The largest absolute Gasteiger partial charge is 0.394 e. The number of aliphatic hydroxyl groups excluding tert-OH is 2. The Morgan fingerprint density at radius 3 is 2.64 bits per heavy atom. The van der Waals surface area contributed by atoms with Crippen LogP contribution in [0.1, 0.15) is 6.92 Å². The van der Waals surface area contributed by atoms with Crippen LogP contribution in [0.5, 0.6) is 0 Å². The molecule has 0 amide bonds. The zero-order valence-corrected chi connectivity index (χ0v) is 7.62. The number of aliphatic hydroxyl groups is 2. The van der Waals surface area contributed by atoms with Gasteiger partial charge in [0, 0.05) is 6.92 Å². The van der Waals surface area contributed by atoms with Gasteiger partial charge in [-0.2, -0.15) is 0 Å². The average molecular weight is 204 g/mol. The van der Waals surface area contributed by atoms with Crippen molar-refractivity contribution in [3.05, 3.63) is 0 Å². The van der Waals surface area contributed by atoms with E-state index in [9.17, 15) is 5.11 Å². The number of fused-ring (bicyclic) bond motifs is 2. The van der Waals surface area contributed by atoms with Crippen molar-refractivity contribution >= 4 is 0 Å². The first kappa shape index (κ1) is 9.02. The molecule has 3 unspecified atom stereocenters. The quantitative estimate of drug-likeness (QED) is 0.544. The van der Waals surface area contributed by atoms with Crippen LogP contribution in [0.4, 0.5) is 0 Å². The Bertz CT molecular complexity index is 256.